The largest absolute Gasteiger partial charge is 0.330 e. The zero-order valence-electron chi connectivity index (χ0n) is 11.1. The summed E-state index contributed by atoms with van der Waals surface area (Å²) in [6.07, 6.45) is 0.928. The summed E-state index contributed by atoms with van der Waals surface area (Å²) in [5.74, 6) is 0.345. The molecule has 1 saturated heterocycles. The third-order valence-corrected chi connectivity index (χ3v) is 3.53. The normalized spacial score (nSPS) is 20.4. The zero-order valence-corrected chi connectivity index (χ0v) is 11.1. The molecule has 18 heavy (non-hydrogen) atoms. The SMILES string of the molecule is CCc1ccccc1N1CC(CN)CN(C)C1=O. The van der Waals surface area contributed by atoms with Crippen LogP contribution in [-0.2, 0) is 6.42 Å². The number of rotatable bonds is 3. The Kier molecular flexibility index (Phi) is 3.87. The van der Waals surface area contributed by atoms with Gasteiger partial charge in [-0.25, -0.2) is 4.79 Å². The molecule has 1 aliphatic heterocycles. The number of urea groups is 1. The highest BCUT2D eigenvalue weighted by Crippen LogP contribution is 2.25. The Bertz CT molecular complexity index is 433. The lowest BCUT2D eigenvalue weighted by molar-refractivity contribution is 0.194. The Morgan fingerprint density at radius 1 is 1.33 bits per heavy atom. The van der Waals surface area contributed by atoms with Gasteiger partial charge in [-0.1, -0.05) is 25.1 Å². The third kappa shape index (κ3) is 2.34. The number of carbonyl (C=O) groups is 1. The maximum absolute atomic E-state index is 12.3. The quantitative estimate of drug-likeness (QED) is 0.883. The van der Waals surface area contributed by atoms with Crippen molar-refractivity contribution in [3.63, 3.8) is 0 Å². The van der Waals surface area contributed by atoms with Crippen molar-refractivity contribution in [1.29, 1.82) is 0 Å². The lowest BCUT2D eigenvalue weighted by Gasteiger charge is -2.38. The topological polar surface area (TPSA) is 49.6 Å². The average molecular weight is 247 g/mol. The van der Waals surface area contributed by atoms with Crippen LogP contribution < -0.4 is 10.6 Å². The fourth-order valence-electron chi connectivity index (χ4n) is 2.49. The molecule has 1 heterocycles. The minimum Gasteiger partial charge on any atom is -0.330 e. The van der Waals surface area contributed by atoms with Gasteiger partial charge >= 0.3 is 6.03 Å². The van der Waals surface area contributed by atoms with Crippen LogP contribution in [0.25, 0.3) is 0 Å². The van der Waals surface area contributed by atoms with E-state index in [0.717, 1.165) is 25.2 Å². The number of aryl methyl sites for hydroxylation is 1. The number of para-hydroxylation sites is 1. The Labute approximate surface area is 108 Å². The zero-order chi connectivity index (χ0) is 13.1. The smallest absolute Gasteiger partial charge is 0.324 e. The number of amides is 2. The van der Waals surface area contributed by atoms with Crippen molar-refractivity contribution >= 4 is 11.7 Å². The lowest BCUT2D eigenvalue weighted by Crippen LogP contribution is -2.53. The highest BCUT2D eigenvalue weighted by molar-refractivity contribution is 5.93. The van der Waals surface area contributed by atoms with Crippen molar-refractivity contribution in [1.82, 2.24) is 4.90 Å². The van der Waals surface area contributed by atoms with Gasteiger partial charge in [0.1, 0.15) is 0 Å². The number of hydrogen-bond acceptors (Lipinski definition) is 2. The standard InChI is InChI=1S/C14H21N3O/c1-3-12-6-4-5-7-13(12)17-10-11(8-15)9-16(2)14(17)18/h4-7,11H,3,8-10,15H2,1-2H3. The molecule has 2 N–H and O–H groups in total. The average Bonchev–Trinajstić information content (AvgIpc) is 2.41. The number of nitrogens with two attached hydrogens (primary N) is 1. The van der Waals surface area contributed by atoms with Crippen LogP contribution in [0.1, 0.15) is 12.5 Å². The van der Waals surface area contributed by atoms with Crippen LogP contribution in [0.3, 0.4) is 0 Å². The van der Waals surface area contributed by atoms with Crippen LogP contribution >= 0.6 is 0 Å². The summed E-state index contributed by atoms with van der Waals surface area (Å²) in [6.45, 7) is 4.19. The van der Waals surface area contributed by atoms with Crippen molar-refractivity contribution in [3.05, 3.63) is 29.8 Å². The molecule has 4 nitrogen and oxygen atoms in total. The number of carbonyl (C=O) groups excluding carboxylic acids is 1. The Hall–Kier alpha value is -1.55. The van der Waals surface area contributed by atoms with E-state index in [1.54, 1.807) is 4.90 Å². The Morgan fingerprint density at radius 2 is 2.06 bits per heavy atom. The van der Waals surface area contributed by atoms with Gasteiger partial charge in [-0.3, -0.25) is 4.90 Å². The fourth-order valence-corrected chi connectivity index (χ4v) is 2.49. The van der Waals surface area contributed by atoms with Gasteiger partial charge in [0.05, 0.1) is 0 Å². The van der Waals surface area contributed by atoms with E-state index in [-0.39, 0.29) is 6.03 Å². The fraction of sp³-hybridized carbons (Fsp3) is 0.500. The Morgan fingerprint density at radius 3 is 2.72 bits per heavy atom. The van der Waals surface area contributed by atoms with E-state index in [1.165, 1.54) is 5.56 Å². The van der Waals surface area contributed by atoms with Crippen molar-refractivity contribution in [2.45, 2.75) is 13.3 Å². The summed E-state index contributed by atoms with van der Waals surface area (Å²) < 4.78 is 0. The van der Waals surface area contributed by atoms with Gasteiger partial charge in [-0.05, 0) is 24.6 Å². The maximum Gasteiger partial charge on any atom is 0.324 e. The van der Waals surface area contributed by atoms with E-state index in [4.69, 9.17) is 5.73 Å². The lowest BCUT2D eigenvalue weighted by atomic mass is 10.0. The highest BCUT2D eigenvalue weighted by Gasteiger charge is 2.30. The van der Waals surface area contributed by atoms with Gasteiger partial charge in [0.25, 0.3) is 0 Å². The van der Waals surface area contributed by atoms with E-state index >= 15 is 0 Å². The molecule has 1 unspecified atom stereocenters. The van der Waals surface area contributed by atoms with Crippen LogP contribution in [0.4, 0.5) is 10.5 Å². The highest BCUT2D eigenvalue weighted by atomic mass is 16.2. The molecule has 0 radical (unpaired) electrons. The van der Waals surface area contributed by atoms with Crippen molar-refractivity contribution in [2.75, 3.05) is 31.6 Å². The molecule has 4 heteroatoms. The number of hydrogen-bond donors (Lipinski definition) is 1. The van der Waals surface area contributed by atoms with E-state index in [2.05, 4.69) is 13.0 Å². The van der Waals surface area contributed by atoms with Gasteiger partial charge in [-0.15, -0.1) is 0 Å². The molecule has 1 fully saturated rings. The molecule has 0 saturated carbocycles. The molecule has 0 aromatic heterocycles. The molecule has 0 aliphatic carbocycles. The second kappa shape index (κ2) is 5.40. The molecule has 1 aromatic carbocycles. The van der Waals surface area contributed by atoms with E-state index in [1.807, 2.05) is 30.1 Å². The van der Waals surface area contributed by atoms with Crippen LogP contribution in [0.2, 0.25) is 0 Å². The van der Waals surface area contributed by atoms with E-state index in [9.17, 15) is 4.79 Å². The monoisotopic (exact) mass is 247 g/mol. The van der Waals surface area contributed by atoms with Gasteiger partial charge in [0.2, 0.25) is 0 Å². The Balaban J connectivity index is 2.32. The molecule has 98 valence electrons. The predicted molar refractivity (Wildman–Crippen MR) is 73.7 cm³/mol. The second-order valence-electron chi connectivity index (χ2n) is 4.86. The number of nitrogens with zero attached hydrogens (tertiary/aromatic N) is 2. The van der Waals surface area contributed by atoms with Gasteiger partial charge in [0.15, 0.2) is 0 Å². The summed E-state index contributed by atoms with van der Waals surface area (Å²) >= 11 is 0. The van der Waals surface area contributed by atoms with Crippen LogP contribution in [0.5, 0.6) is 0 Å². The molecule has 2 amide bonds. The molecule has 0 spiro atoms. The van der Waals surface area contributed by atoms with E-state index < -0.39 is 0 Å². The van der Waals surface area contributed by atoms with Gasteiger partial charge < -0.3 is 10.6 Å². The first-order valence-corrected chi connectivity index (χ1v) is 6.48. The molecule has 1 aromatic rings. The molecule has 0 bridgehead atoms. The molecular formula is C14H21N3O. The van der Waals surface area contributed by atoms with Gasteiger partial charge in [0, 0.05) is 31.7 Å². The molecule has 1 atom stereocenters. The van der Waals surface area contributed by atoms with Crippen LogP contribution in [0.15, 0.2) is 24.3 Å². The summed E-state index contributed by atoms with van der Waals surface area (Å²) in [5.41, 5.74) is 7.99. The number of anilines is 1. The van der Waals surface area contributed by atoms with Crippen LogP contribution in [-0.4, -0.2) is 37.6 Å². The summed E-state index contributed by atoms with van der Waals surface area (Å²) in [4.78, 5) is 15.9. The third-order valence-electron chi connectivity index (χ3n) is 3.53. The first-order chi connectivity index (χ1) is 8.67. The molecule has 1 aliphatic rings. The summed E-state index contributed by atoms with van der Waals surface area (Å²) in [5, 5.41) is 0. The first-order valence-electron chi connectivity index (χ1n) is 6.48. The summed E-state index contributed by atoms with van der Waals surface area (Å²) in [7, 11) is 1.84. The minimum atomic E-state index is 0.0700. The maximum atomic E-state index is 12.3. The molecular weight excluding hydrogens is 226 g/mol. The second-order valence-corrected chi connectivity index (χ2v) is 4.86. The van der Waals surface area contributed by atoms with Gasteiger partial charge in [-0.2, -0.15) is 0 Å². The van der Waals surface area contributed by atoms with Crippen LogP contribution in [0, 0.1) is 5.92 Å². The first kappa shape index (κ1) is 12.9. The molecule has 2 rings (SSSR count). The van der Waals surface area contributed by atoms with Crippen molar-refractivity contribution in [2.24, 2.45) is 11.7 Å². The number of benzene rings is 1. The predicted octanol–water partition coefficient (Wildman–Crippen LogP) is 1.70. The van der Waals surface area contributed by atoms with E-state index in [0.29, 0.717) is 12.5 Å². The summed E-state index contributed by atoms with van der Waals surface area (Å²) in [6, 6.07) is 8.16. The minimum absolute atomic E-state index is 0.0700. The van der Waals surface area contributed by atoms with Crippen molar-refractivity contribution < 1.29 is 4.79 Å². The van der Waals surface area contributed by atoms with Crippen molar-refractivity contribution in [3.8, 4) is 0 Å².